The molecule has 1 atom stereocenters. The van der Waals surface area contributed by atoms with Gasteiger partial charge < -0.3 is 10.1 Å². The maximum absolute atomic E-state index is 5.89. The van der Waals surface area contributed by atoms with Crippen LogP contribution in [-0.4, -0.2) is 26.8 Å². The maximum Gasteiger partial charge on any atom is 0.0607 e. The average molecular weight is 267 g/mol. The minimum Gasteiger partial charge on any atom is -0.380 e. The van der Waals surface area contributed by atoms with Crippen molar-refractivity contribution >= 4 is 0 Å². The molecule has 0 spiro atoms. The molecule has 104 valence electrons. The largest absolute Gasteiger partial charge is 0.380 e. The predicted octanol–water partition coefficient (Wildman–Crippen LogP) is 2.84. The summed E-state index contributed by atoms with van der Waals surface area (Å²) in [7, 11) is 2.01. The summed E-state index contributed by atoms with van der Waals surface area (Å²) in [5, 5.41) is 3.32. The van der Waals surface area contributed by atoms with Crippen molar-refractivity contribution < 1.29 is 4.74 Å². The van der Waals surface area contributed by atoms with E-state index in [4.69, 9.17) is 4.74 Å². The van der Waals surface area contributed by atoms with E-state index in [0.717, 1.165) is 19.8 Å². The van der Waals surface area contributed by atoms with Gasteiger partial charge in [-0.05, 0) is 18.2 Å². The molecule has 1 saturated heterocycles. The van der Waals surface area contributed by atoms with Crippen molar-refractivity contribution in [3.05, 3.63) is 71.8 Å². The van der Waals surface area contributed by atoms with Gasteiger partial charge in [-0.15, -0.1) is 0 Å². The second kappa shape index (κ2) is 5.78. The van der Waals surface area contributed by atoms with Crippen LogP contribution >= 0.6 is 0 Å². The first kappa shape index (κ1) is 13.3. The number of ether oxygens (including phenoxy) is 1. The van der Waals surface area contributed by atoms with Gasteiger partial charge in [0.2, 0.25) is 0 Å². The predicted molar refractivity (Wildman–Crippen MR) is 81.9 cm³/mol. The molecule has 1 heterocycles. The molecule has 0 aliphatic carbocycles. The van der Waals surface area contributed by atoms with E-state index in [-0.39, 0.29) is 5.41 Å². The van der Waals surface area contributed by atoms with E-state index in [1.54, 1.807) is 0 Å². The van der Waals surface area contributed by atoms with Crippen LogP contribution in [0.3, 0.4) is 0 Å². The van der Waals surface area contributed by atoms with Gasteiger partial charge in [0.25, 0.3) is 0 Å². The molecule has 0 bridgehead atoms. The number of hydrogen-bond acceptors (Lipinski definition) is 2. The monoisotopic (exact) mass is 267 g/mol. The lowest BCUT2D eigenvalue weighted by Crippen LogP contribution is -2.40. The molecule has 3 rings (SSSR count). The van der Waals surface area contributed by atoms with Crippen LogP contribution in [0.4, 0.5) is 0 Å². The van der Waals surface area contributed by atoms with Crippen molar-refractivity contribution in [2.45, 2.75) is 5.41 Å². The zero-order valence-electron chi connectivity index (χ0n) is 11.9. The minimum atomic E-state index is -0.0362. The molecule has 2 heteroatoms. The van der Waals surface area contributed by atoms with Crippen molar-refractivity contribution in [3.8, 4) is 0 Å². The summed E-state index contributed by atoms with van der Waals surface area (Å²) < 4.78 is 5.89. The zero-order valence-corrected chi connectivity index (χ0v) is 11.9. The molecule has 1 unspecified atom stereocenters. The van der Waals surface area contributed by atoms with Gasteiger partial charge in [0.15, 0.2) is 0 Å². The van der Waals surface area contributed by atoms with Gasteiger partial charge in [0, 0.05) is 17.9 Å². The van der Waals surface area contributed by atoms with Gasteiger partial charge in [-0.2, -0.15) is 0 Å². The molecule has 1 aliphatic heterocycles. The number of nitrogens with one attached hydrogen (secondary N) is 1. The Morgan fingerprint density at radius 2 is 1.55 bits per heavy atom. The third-order valence-electron chi connectivity index (χ3n) is 4.37. The molecule has 0 radical (unpaired) electrons. The summed E-state index contributed by atoms with van der Waals surface area (Å²) in [6, 6.07) is 21.5. The zero-order chi connectivity index (χ0) is 13.8. The van der Waals surface area contributed by atoms with E-state index < -0.39 is 0 Å². The fourth-order valence-electron chi connectivity index (χ4n) is 3.38. The molecule has 1 fully saturated rings. The van der Waals surface area contributed by atoms with E-state index >= 15 is 0 Å². The van der Waals surface area contributed by atoms with Gasteiger partial charge in [0.1, 0.15) is 0 Å². The van der Waals surface area contributed by atoms with Crippen LogP contribution in [-0.2, 0) is 10.2 Å². The number of hydrogen-bond donors (Lipinski definition) is 1. The Balaban J connectivity index is 2.13. The van der Waals surface area contributed by atoms with E-state index in [9.17, 15) is 0 Å². The molecule has 0 aromatic heterocycles. The Hall–Kier alpha value is -1.64. The second-order valence-electron chi connectivity index (χ2n) is 5.47. The molecule has 1 aliphatic rings. The molecule has 2 aromatic carbocycles. The van der Waals surface area contributed by atoms with Crippen LogP contribution in [0.1, 0.15) is 11.1 Å². The summed E-state index contributed by atoms with van der Waals surface area (Å²) in [6.07, 6.45) is 0. The van der Waals surface area contributed by atoms with Gasteiger partial charge in [-0.1, -0.05) is 60.7 Å². The lowest BCUT2D eigenvalue weighted by atomic mass is 9.67. The highest BCUT2D eigenvalue weighted by molar-refractivity contribution is 5.41. The van der Waals surface area contributed by atoms with Crippen LogP contribution in [0.2, 0.25) is 0 Å². The molecular formula is C18H21NO. The average Bonchev–Trinajstić information content (AvgIpc) is 2.94. The lowest BCUT2D eigenvalue weighted by Gasteiger charge is -2.35. The molecule has 0 saturated carbocycles. The standard InChI is InChI=1S/C18H21NO/c1-19-12-17-13-20-14-18(17,15-8-4-2-5-9-15)16-10-6-3-7-11-16/h2-11,17,19H,12-14H2,1H3. The van der Waals surface area contributed by atoms with Crippen molar-refractivity contribution in [3.63, 3.8) is 0 Å². The molecule has 1 N–H and O–H groups in total. The first-order chi connectivity index (χ1) is 9.88. The number of rotatable bonds is 4. The fraction of sp³-hybridized carbons (Fsp3) is 0.333. The third kappa shape index (κ3) is 2.15. The Bertz CT molecular complexity index is 498. The van der Waals surface area contributed by atoms with Crippen LogP contribution in [0.15, 0.2) is 60.7 Å². The summed E-state index contributed by atoms with van der Waals surface area (Å²) in [4.78, 5) is 0. The maximum atomic E-state index is 5.89. The van der Waals surface area contributed by atoms with Crippen molar-refractivity contribution in [1.29, 1.82) is 0 Å². The molecule has 20 heavy (non-hydrogen) atoms. The molecule has 2 nitrogen and oxygen atoms in total. The highest BCUT2D eigenvalue weighted by atomic mass is 16.5. The topological polar surface area (TPSA) is 21.3 Å². The molecule has 2 aromatic rings. The highest BCUT2D eigenvalue weighted by Crippen LogP contribution is 2.43. The summed E-state index contributed by atoms with van der Waals surface area (Å²) in [6.45, 7) is 2.53. The van der Waals surface area contributed by atoms with E-state index in [1.165, 1.54) is 11.1 Å². The Morgan fingerprint density at radius 1 is 1.00 bits per heavy atom. The van der Waals surface area contributed by atoms with E-state index in [2.05, 4.69) is 66.0 Å². The Morgan fingerprint density at radius 3 is 2.05 bits per heavy atom. The molecular weight excluding hydrogens is 246 g/mol. The lowest BCUT2D eigenvalue weighted by molar-refractivity contribution is 0.179. The van der Waals surface area contributed by atoms with Gasteiger partial charge in [-0.25, -0.2) is 0 Å². The smallest absolute Gasteiger partial charge is 0.0607 e. The summed E-state index contributed by atoms with van der Waals surface area (Å²) >= 11 is 0. The summed E-state index contributed by atoms with van der Waals surface area (Å²) in [5.41, 5.74) is 2.67. The van der Waals surface area contributed by atoms with Crippen LogP contribution in [0.25, 0.3) is 0 Å². The van der Waals surface area contributed by atoms with Crippen molar-refractivity contribution in [2.24, 2.45) is 5.92 Å². The van der Waals surface area contributed by atoms with Crippen LogP contribution in [0, 0.1) is 5.92 Å². The van der Waals surface area contributed by atoms with E-state index in [0.29, 0.717) is 5.92 Å². The fourth-order valence-corrected chi connectivity index (χ4v) is 3.38. The SMILES string of the molecule is CNCC1COCC1(c1ccccc1)c1ccccc1. The van der Waals surface area contributed by atoms with Gasteiger partial charge in [0.05, 0.1) is 13.2 Å². The van der Waals surface area contributed by atoms with Gasteiger partial charge in [-0.3, -0.25) is 0 Å². The summed E-state index contributed by atoms with van der Waals surface area (Å²) in [5.74, 6) is 0.456. The normalized spacial score (nSPS) is 20.9. The third-order valence-corrected chi connectivity index (χ3v) is 4.37. The van der Waals surface area contributed by atoms with Crippen molar-refractivity contribution in [2.75, 3.05) is 26.8 Å². The van der Waals surface area contributed by atoms with Gasteiger partial charge >= 0.3 is 0 Å². The number of benzene rings is 2. The van der Waals surface area contributed by atoms with Crippen LogP contribution in [0.5, 0.6) is 0 Å². The van der Waals surface area contributed by atoms with Crippen LogP contribution < -0.4 is 5.32 Å². The quantitative estimate of drug-likeness (QED) is 0.919. The Labute approximate surface area is 120 Å². The van der Waals surface area contributed by atoms with E-state index in [1.807, 2.05) is 7.05 Å². The highest BCUT2D eigenvalue weighted by Gasteiger charge is 2.46. The first-order valence-electron chi connectivity index (χ1n) is 7.21. The Kier molecular flexibility index (Phi) is 3.86. The molecule has 0 amide bonds. The first-order valence-corrected chi connectivity index (χ1v) is 7.21. The van der Waals surface area contributed by atoms with Crippen molar-refractivity contribution in [1.82, 2.24) is 5.32 Å². The minimum absolute atomic E-state index is 0.0362. The second-order valence-corrected chi connectivity index (χ2v) is 5.47.